The normalized spacial score (nSPS) is 10.8. The average molecular weight is 270 g/mol. The van der Waals surface area contributed by atoms with Crippen LogP contribution in [0.25, 0.3) is 11.4 Å². The molecule has 3 aromatic rings. The molecule has 1 aromatic carbocycles. The lowest BCUT2D eigenvalue weighted by Gasteiger charge is -2.00. The molecule has 0 fully saturated rings. The quantitative estimate of drug-likeness (QED) is 0.732. The first-order valence-electron chi connectivity index (χ1n) is 6.17. The van der Waals surface area contributed by atoms with Crippen molar-refractivity contribution in [1.29, 1.82) is 0 Å². The van der Waals surface area contributed by atoms with E-state index in [9.17, 15) is 0 Å². The largest absolute Gasteiger partial charge is 0.205 e. The number of rotatable bonds is 4. The maximum Gasteiger partial charge on any atom is 0.205 e. The summed E-state index contributed by atoms with van der Waals surface area (Å²) in [6, 6.07) is 10.5. The predicted octanol–water partition coefficient (Wildman–Crippen LogP) is 2.95. The maximum absolute atomic E-state index is 4.39. The second-order valence-corrected chi connectivity index (χ2v) is 5.24. The molecular formula is C14H14N4S. The van der Waals surface area contributed by atoms with Crippen LogP contribution < -0.4 is 0 Å². The summed E-state index contributed by atoms with van der Waals surface area (Å²) in [4.78, 5) is 1.66. The summed E-state index contributed by atoms with van der Waals surface area (Å²) in [7, 11) is 0. The van der Waals surface area contributed by atoms with E-state index in [1.165, 1.54) is 11.1 Å². The molecule has 4 nitrogen and oxygen atoms in total. The summed E-state index contributed by atoms with van der Waals surface area (Å²) in [6.07, 6.45) is 0.916. The van der Waals surface area contributed by atoms with E-state index in [-0.39, 0.29) is 0 Å². The molecule has 0 saturated heterocycles. The van der Waals surface area contributed by atoms with E-state index in [2.05, 4.69) is 46.6 Å². The molecule has 2 heterocycles. The van der Waals surface area contributed by atoms with E-state index in [1.54, 1.807) is 16.1 Å². The third-order valence-corrected chi connectivity index (χ3v) is 3.64. The van der Waals surface area contributed by atoms with Crippen LogP contribution in [0.5, 0.6) is 0 Å². The van der Waals surface area contributed by atoms with Crippen molar-refractivity contribution in [3.05, 3.63) is 52.2 Å². The molecule has 0 radical (unpaired) electrons. The van der Waals surface area contributed by atoms with Crippen LogP contribution >= 0.6 is 11.3 Å². The van der Waals surface area contributed by atoms with E-state index in [0.29, 0.717) is 5.82 Å². The van der Waals surface area contributed by atoms with Gasteiger partial charge in [-0.1, -0.05) is 29.8 Å². The van der Waals surface area contributed by atoms with Gasteiger partial charge in [-0.2, -0.15) is 16.1 Å². The molecule has 0 atom stereocenters. The topological polar surface area (TPSA) is 43.6 Å². The third-order valence-electron chi connectivity index (χ3n) is 2.95. The van der Waals surface area contributed by atoms with Crippen LogP contribution in [0.3, 0.4) is 0 Å². The second kappa shape index (κ2) is 5.32. The first kappa shape index (κ1) is 12.0. The van der Waals surface area contributed by atoms with E-state index < -0.39 is 0 Å². The summed E-state index contributed by atoms with van der Waals surface area (Å²) in [5.41, 5.74) is 3.61. The fourth-order valence-corrected chi connectivity index (χ4v) is 2.46. The summed E-state index contributed by atoms with van der Waals surface area (Å²) < 4.78 is 0. The predicted molar refractivity (Wildman–Crippen MR) is 76.0 cm³/mol. The van der Waals surface area contributed by atoms with E-state index >= 15 is 0 Å². The zero-order chi connectivity index (χ0) is 13.1. The van der Waals surface area contributed by atoms with Gasteiger partial charge in [0.05, 0.1) is 6.54 Å². The Balaban J connectivity index is 1.66. The number of thiophene rings is 1. The minimum atomic E-state index is 0.699. The van der Waals surface area contributed by atoms with E-state index in [1.807, 2.05) is 16.8 Å². The Morgan fingerprint density at radius 1 is 1.16 bits per heavy atom. The lowest BCUT2D eigenvalue weighted by atomic mass is 10.1. The van der Waals surface area contributed by atoms with Gasteiger partial charge in [0.1, 0.15) is 0 Å². The summed E-state index contributed by atoms with van der Waals surface area (Å²) in [5, 5.41) is 16.6. The molecule has 0 N–H and O–H groups in total. The van der Waals surface area contributed by atoms with Crippen LogP contribution in [0.2, 0.25) is 0 Å². The Morgan fingerprint density at radius 2 is 2.00 bits per heavy atom. The van der Waals surface area contributed by atoms with Gasteiger partial charge in [-0.05, 0) is 35.6 Å². The lowest BCUT2D eigenvalue weighted by Crippen LogP contribution is -2.05. The zero-order valence-corrected chi connectivity index (χ0v) is 11.5. The summed E-state index contributed by atoms with van der Waals surface area (Å²) in [5.74, 6) is 0.699. The molecule has 0 bridgehead atoms. The Bertz CT molecular complexity index is 640. The Hall–Kier alpha value is -2.01. The van der Waals surface area contributed by atoms with Crippen LogP contribution in [0.4, 0.5) is 0 Å². The van der Waals surface area contributed by atoms with Crippen LogP contribution in [0.1, 0.15) is 11.1 Å². The van der Waals surface area contributed by atoms with Gasteiger partial charge < -0.3 is 0 Å². The Labute approximate surface area is 115 Å². The molecule has 0 amide bonds. The number of tetrazole rings is 1. The Kier molecular flexibility index (Phi) is 3.37. The van der Waals surface area contributed by atoms with Crippen molar-refractivity contribution in [2.75, 3.05) is 0 Å². The molecule has 19 heavy (non-hydrogen) atoms. The number of aromatic nitrogens is 4. The van der Waals surface area contributed by atoms with Gasteiger partial charge in [-0.25, -0.2) is 0 Å². The molecule has 0 spiro atoms. The van der Waals surface area contributed by atoms with Crippen molar-refractivity contribution >= 4 is 11.3 Å². The highest BCUT2D eigenvalue weighted by molar-refractivity contribution is 7.08. The summed E-state index contributed by atoms with van der Waals surface area (Å²) in [6.45, 7) is 2.84. The van der Waals surface area contributed by atoms with Gasteiger partial charge in [0.2, 0.25) is 5.82 Å². The van der Waals surface area contributed by atoms with Crippen molar-refractivity contribution in [2.24, 2.45) is 0 Å². The van der Waals surface area contributed by atoms with Crippen molar-refractivity contribution < 1.29 is 0 Å². The van der Waals surface area contributed by atoms with Crippen molar-refractivity contribution in [3.8, 4) is 11.4 Å². The summed E-state index contributed by atoms with van der Waals surface area (Å²) >= 11 is 1.64. The number of hydrogen-bond acceptors (Lipinski definition) is 4. The van der Waals surface area contributed by atoms with Gasteiger partial charge in [0, 0.05) is 10.9 Å². The first-order valence-corrected chi connectivity index (χ1v) is 7.11. The molecule has 3 rings (SSSR count). The Morgan fingerprint density at radius 3 is 2.74 bits per heavy atom. The van der Waals surface area contributed by atoms with Gasteiger partial charge >= 0.3 is 0 Å². The SMILES string of the molecule is Cc1ccc(CCn2nnc(-c3ccsc3)n2)cc1. The molecule has 0 unspecified atom stereocenters. The number of hydrogen-bond donors (Lipinski definition) is 0. The molecule has 0 saturated carbocycles. The number of benzene rings is 1. The van der Waals surface area contributed by atoms with Crippen LogP contribution in [-0.4, -0.2) is 20.2 Å². The van der Waals surface area contributed by atoms with Crippen LogP contribution in [-0.2, 0) is 13.0 Å². The van der Waals surface area contributed by atoms with Gasteiger partial charge in [0.25, 0.3) is 0 Å². The van der Waals surface area contributed by atoms with E-state index in [4.69, 9.17) is 0 Å². The molecule has 2 aromatic heterocycles. The molecular weight excluding hydrogens is 256 g/mol. The zero-order valence-electron chi connectivity index (χ0n) is 10.7. The highest BCUT2D eigenvalue weighted by atomic mass is 32.1. The maximum atomic E-state index is 4.39. The van der Waals surface area contributed by atoms with Gasteiger partial charge in [-0.3, -0.25) is 0 Å². The fraction of sp³-hybridized carbons (Fsp3) is 0.214. The fourth-order valence-electron chi connectivity index (χ4n) is 1.83. The van der Waals surface area contributed by atoms with Crippen molar-refractivity contribution in [2.45, 2.75) is 19.9 Å². The van der Waals surface area contributed by atoms with Crippen LogP contribution in [0, 0.1) is 6.92 Å². The molecule has 96 valence electrons. The minimum Gasteiger partial charge on any atom is -0.164 e. The van der Waals surface area contributed by atoms with Gasteiger partial charge in [-0.15, -0.1) is 10.2 Å². The highest BCUT2D eigenvalue weighted by Gasteiger charge is 2.05. The number of aryl methyl sites for hydroxylation is 3. The van der Waals surface area contributed by atoms with Crippen molar-refractivity contribution in [3.63, 3.8) is 0 Å². The molecule has 5 heteroatoms. The first-order chi connectivity index (χ1) is 9.31. The molecule has 0 aliphatic carbocycles. The molecule has 0 aliphatic heterocycles. The smallest absolute Gasteiger partial charge is 0.164 e. The standard InChI is InChI=1S/C14H14N4S/c1-11-2-4-12(5-3-11)6-8-18-16-14(15-17-18)13-7-9-19-10-13/h2-5,7,9-10H,6,8H2,1H3. The highest BCUT2D eigenvalue weighted by Crippen LogP contribution is 2.16. The average Bonchev–Trinajstić information content (AvgIpc) is 3.09. The lowest BCUT2D eigenvalue weighted by molar-refractivity contribution is 0.523. The third kappa shape index (κ3) is 2.88. The minimum absolute atomic E-state index is 0.699. The van der Waals surface area contributed by atoms with Crippen molar-refractivity contribution in [1.82, 2.24) is 20.2 Å². The van der Waals surface area contributed by atoms with Crippen LogP contribution in [0.15, 0.2) is 41.1 Å². The number of nitrogens with zero attached hydrogens (tertiary/aromatic N) is 4. The second-order valence-electron chi connectivity index (χ2n) is 4.46. The monoisotopic (exact) mass is 270 g/mol. The van der Waals surface area contributed by atoms with E-state index in [0.717, 1.165) is 18.5 Å². The van der Waals surface area contributed by atoms with Gasteiger partial charge in [0.15, 0.2) is 0 Å². The molecule has 0 aliphatic rings.